The van der Waals surface area contributed by atoms with Gasteiger partial charge in [-0.25, -0.2) is 4.52 Å². The zero-order valence-electron chi connectivity index (χ0n) is 17.4. The molecular weight excluding hydrogens is 496 g/mol. The lowest BCUT2D eigenvalue weighted by Gasteiger charge is -2.34. The number of nitrogens with zero attached hydrogens (tertiary/aromatic N) is 4. The number of alkyl halides is 3. The second-order valence-electron chi connectivity index (χ2n) is 8.31. The fourth-order valence-corrected chi connectivity index (χ4v) is 4.63. The van der Waals surface area contributed by atoms with E-state index in [9.17, 15) is 27.9 Å². The summed E-state index contributed by atoms with van der Waals surface area (Å²) in [4.78, 5) is 28.5. The van der Waals surface area contributed by atoms with Crippen LogP contribution in [0.15, 0.2) is 30.3 Å². The number of piperazine rings is 1. The van der Waals surface area contributed by atoms with E-state index >= 15 is 0 Å². The lowest BCUT2D eigenvalue weighted by molar-refractivity contribution is -0.142. The van der Waals surface area contributed by atoms with Crippen molar-refractivity contribution < 1.29 is 27.9 Å². The molecule has 12 heteroatoms. The number of hydrogen-bond donors (Lipinski definition) is 1. The van der Waals surface area contributed by atoms with Gasteiger partial charge in [-0.3, -0.25) is 9.59 Å². The van der Waals surface area contributed by atoms with Gasteiger partial charge in [0, 0.05) is 19.2 Å². The number of carbonyl (C=O) groups is 2. The summed E-state index contributed by atoms with van der Waals surface area (Å²) >= 11 is 12.5. The normalized spacial score (nSPS) is 17.0. The van der Waals surface area contributed by atoms with Crippen LogP contribution in [0.3, 0.4) is 0 Å². The molecule has 1 aromatic carbocycles. The number of fused-ring (bicyclic) bond motifs is 1. The molecule has 3 heterocycles. The van der Waals surface area contributed by atoms with Crippen LogP contribution in [0.5, 0.6) is 5.75 Å². The topological polar surface area (TPSA) is 78.2 Å². The Morgan fingerprint density at radius 3 is 2.47 bits per heavy atom. The zero-order valence-corrected chi connectivity index (χ0v) is 19.0. The molecule has 2 amide bonds. The van der Waals surface area contributed by atoms with Crippen LogP contribution in [-0.2, 0) is 11.0 Å². The molecule has 2 aliphatic rings. The van der Waals surface area contributed by atoms with Crippen molar-refractivity contribution in [3.8, 4) is 5.75 Å². The predicted octanol–water partition coefficient (Wildman–Crippen LogP) is 4.73. The fraction of sp³-hybridized carbons (Fsp3) is 0.318. The highest BCUT2D eigenvalue weighted by molar-refractivity contribution is 6.37. The number of aromatic nitrogens is 2. The smallest absolute Gasteiger partial charge is 0.433 e. The summed E-state index contributed by atoms with van der Waals surface area (Å²) in [6.07, 6.45) is -3.10. The molecular formula is C22H17Cl2F3N4O3. The Morgan fingerprint density at radius 1 is 1.12 bits per heavy atom. The largest absolute Gasteiger partial charge is 0.508 e. The molecule has 34 heavy (non-hydrogen) atoms. The molecule has 1 saturated carbocycles. The molecule has 2 fully saturated rings. The second-order valence-corrected chi connectivity index (χ2v) is 9.10. The average molecular weight is 513 g/mol. The molecule has 1 saturated heterocycles. The molecule has 3 aromatic rings. The third kappa shape index (κ3) is 3.94. The van der Waals surface area contributed by atoms with Crippen LogP contribution in [0.1, 0.15) is 40.5 Å². The number of benzene rings is 1. The molecule has 0 bridgehead atoms. The van der Waals surface area contributed by atoms with E-state index < -0.39 is 23.7 Å². The Bertz CT molecular complexity index is 1340. The summed E-state index contributed by atoms with van der Waals surface area (Å²) in [5.74, 6) is -1.20. The monoisotopic (exact) mass is 512 g/mol. The van der Waals surface area contributed by atoms with Crippen LogP contribution in [0.25, 0.3) is 5.52 Å². The Hall–Kier alpha value is -2.98. The van der Waals surface area contributed by atoms with Crippen molar-refractivity contribution in [2.75, 3.05) is 24.5 Å². The molecule has 1 aliphatic heterocycles. The fourth-order valence-electron chi connectivity index (χ4n) is 4.10. The summed E-state index contributed by atoms with van der Waals surface area (Å²) in [5, 5.41) is 13.4. The van der Waals surface area contributed by atoms with Crippen molar-refractivity contribution in [3.05, 3.63) is 57.3 Å². The van der Waals surface area contributed by atoms with Crippen molar-refractivity contribution in [2.45, 2.75) is 24.9 Å². The Morgan fingerprint density at radius 2 is 1.85 bits per heavy atom. The van der Waals surface area contributed by atoms with Crippen LogP contribution in [-0.4, -0.2) is 51.1 Å². The second kappa shape index (κ2) is 8.06. The van der Waals surface area contributed by atoms with Gasteiger partial charge in [0.2, 0.25) is 5.91 Å². The SMILES string of the molecule is O=C(c1nn2c(C(F)(F)F)cc(C3CC3)cc2c1Cl)N1CCN(c2ccc(O)cc2Cl)C(=O)C1. The first kappa shape index (κ1) is 22.8. The van der Waals surface area contributed by atoms with E-state index in [4.69, 9.17) is 23.2 Å². The molecule has 1 N–H and O–H groups in total. The first-order valence-corrected chi connectivity index (χ1v) is 11.2. The standard InChI is InChI=1S/C22H17Cl2F3N4O3/c23-14-9-13(32)3-4-15(14)30-6-5-29(10-18(30)33)21(34)20-19(24)16-7-12(11-1-2-11)8-17(22(25,26)27)31(16)28-20/h3-4,7-9,11,32H,1-2,5-6,10H2. The van der Waals surface area contributed by atoms with E-state index in [0.29, 0.717) is 15.8 Å². The number of aromatic hydroxyl groups is 1. The van der Waals surface area contributed by atoms with Crippen LogP contribution in [0.2, 0.25) is 10.0 Å². The maximum absolute atomic E-state index is 13.7. The third-order valence-electron chi connectivity index (χ3n) is 5.97. The number of rotatable bonds is 3. The van der Waals surface area contributed by atoms with E-state index in [0.717, 1.165) is 18.9 Å². The Balaban J connectivity index is 1.45. The van der Waals surface area contributed by atoms with E-state index in [1.807, 2.05) is 0 Å². The minimum absolute atomic E-state index is 0.00239. The maximum atomic E-state index is 13.7. The number of anilines is 1. The number of phenols is 1. The minimum Gasteiger partial charge on any atom is -0.508 e. The van der Waals surface area contributed by atoms with Crippen LogP contribution in [0, 0.1) is 0 Å². The van der Waals surface area contributed by atoms with Gasteiger partial charge in [-0.2, -0.15) is 18.3 Å². The van der Waals surface area contributed by atoms with E-state index in [1.165, 1.54) is 34.1 Å². The van der Waals surface area contributed by atoms with Gasteiger partial charge >= 0.3 is 6.18 Å². The van der Waals surface area contributed by atoms with E-state index in [-0.39, 0.29) is 52.6 Å². The molecule has 0 spiro atoms. The maximum Gasteiger partial charge on any atom is 0.433 e. The van der Waals surface area contributed by atoms with Gasteiger partial charge in [0.15, 0.2) is 5.69 Å². The van der Waals surface area contributed by atoms with Crippen molar-refractivity contribution in [2.24, 2.45) is 0 Å². The van der Waals surface area contributed by atoms with Crippen molar-refractivity contribution in [1.82, 2.24) is 14.5 Å². The lowest BCUT2D eigenvalue weighted by Crippen LogP contribution is -2.52. The highest BCUT2D eigenvalue weighted by Crippen LogP contribution is 2.43. The van der Waals surface area contributed by atoms with Gasteiger partial charge < -0.3 is 14.9 Å². The number of amides is 2. The average Bonchev–Trinajstić information content (AvgIpc) is 3.56. The summed E-state index contributed by atoms with van der Waals surface area (Å²) in [7, 11) is 0. The van der Waals surface area contributed by atoms with Gasteiger partial charge in [0.1, 0.15) is 18.0 Å². The van der Waals surface area contributed by atoms with Gasteiger partial charge in [-0.05, 0) is 48.6 Å². The highest BCUT2D eigenvalue weighted by Gasteiger charge is 2.38. The first-order chi connectivity index (χ1) is 16.0. The van der Waals surface area contributed by atoms with Gasteiger partial charge in [-0.1, -0.05) is 23.2 Å². The minimum atomic E-state index is -4.69. The molecule has 0 radical (unpaired) electrons. The quantitative estimate of drug-likeness (QED) is 0.550. The van der Waals surface area contributed by atoms with E-state index in [2.05, 4.69) is 5.10 Å². The Kier molecular flexibility index (Phi) is 5.40. The summed E-state index contributed by atoms with van der Waals surface area (Å²) < 4.78 is 41.8. The van der Waals surface area contributed by atoms with Gasteiger partial charge in [0.05, 0.1) is 21.2 Å². The lowest BCUT2D eigenvalue weighted by atomic mass is 10.1. The molecule has 178 valence electrons. The molecule has 7 nitrogen and oxygen atoms in total. The van der Waals surface area contributed by atoms with Crippen LogP contribution < -0.4 is 4.90 Å². The number of carbonyl (C=O) groups excluding carboxylic acids is 2. The van der Waals surface area contributed by atoms with Crippen molar-refractivity contribution in [1.29, 1.82) is 0 Å². The zero-order chi connectivity index (χ0) is 24.4. The van der Waals surface area contributed by atoms with Crippen molar-refractivity contribution in [3.63, 3.8) is 0 Å². The molecule has 0 atom stereocenters. The van der Waals surface area contributed by atoms with Gasteiger partial charge in [0.25, 0.3) is 5.91 Å². The number of halogens is 5. The molecule has 2 aromatic heterocycles. The molecule has 5 rings (SSSR count). The van der Waals surface area contributed by atoms with Crippen molar-refractivity contribution >= 4 is 46.2 Å². The summed E-state index contributed by atoms with van der Waals surface area (Å²) in [5.41, 5.74) is -0.456. The number of hydrogen-bond acceptors (Lipinski definition) is 4. The third-order valence-corrected chi connectivity index (χ3v) is 6.64. The number of phenolic OH excluding ortho intramolecular Hbond substituents is 1. The van der Waals surface area contributed by atoms with Gasteiger partial charge in [-0.15, -0.1) is 0 Å². The Labute approximate surface area is 201 Å². The number of pyridine rings is 1. The molecule has 1 aliphatic carbocycles. The van der Waals surface area contributed by atoms with Crippen LogP contribution >= 0.6 is 23.2 Å². The summed E-state index contributed by atoms with van der Waals surface area (Å²) in [6.45, 7) is -0.148. The van der Waals surface area contributed by atoms with E-state index in [1.54, 1.807) is 0 Å². The summed E-state index contributed by atoms with van der Waals surface area (Å²) in [6, 6.07) is 6.76. The van der Waals surface area contributed by atoms with Crippen LogP contribution in [0.4, 0.5) is 18.9 Å². The highest BCUT2D eigenvalue weighted by atomic mass is 35.5. The molecule has 0 unspecified atom stereocenters. The first-order valence-electron chi connectivity index (χ1n) is 10.4. The predicted molar refractivity (Wildman–Crippen MR) is 119 cm³/mol.